The van der Waals surface area contributed by atoms with Crippen molar-refractivity contribution in [2.75, 3.05) is 19.6 Å². The lowest BCUT2D eigenvalue weighted by molar-refractivity contribution is -0.136. The van der Waals surface area contributed by atoms with Gasteiger partial charge in [0.1, 0.15) is 0 Å². The molecule has 0 aliphatic carbocycles. The maximum Gasteiger partial charge on any atom is 0.307 e. The van der Waals surface area contributed by atoms with Gasteiger partial charge in [-0.2, -0.15) is 4.31 Å². The molecule has 1 N–H and O–H groups in total. The Kier molecular flexibility index (Phi) is 7.89. The number of aliphatic carboxylic acids is 1. The summed E-state index contributed by atoms with van der Waals surface area (Å²) in [6.45, 7) is 7.61. The van der Waals surface area contributed by atoms with Gasteiger partial charge < -0.3 is 5.11 Å². The van der Waals surface area contributed by atoms with E-state index in [0.29, 0.717) is 28.7 Å². The van der Waals surface area contributed by atoms with Gasteiger partial charge in [0.2, 0.25) is 10.0 Å². The van der Waals surface area contributed by atoms with Crippen molar-refractivity contribution in [2.45, 2.75) is 50.6 Å². The van der Waals surface area contributed by atoms with Crippen LogP contribution in [0.2, 0.25) is 10.0 Å². The van der Waals surface area contributed by atoms with Crippen molar-refractivity contribution in [1.29, 1.82) is 0 Å². The third-order valence-electron chi connectivity index (χ3n) is 5.85. The van der Waals surface area contributed by atoms with Gasteiger partial charge in [-0.05, 0) is 68.1 Å². The van der Waals surface area contributed by atoms with E-state index in [-0.39, 0.29) is 23.4 Å². The van der Waals surface area contributed by atoms with Gasteiger partial charge >= 0.3 is 5.97 Å². The number of carboxylic acid groups (broad SMARTS) is 1. The van der Waals surface area contributed by atoms with E-state index in [4.69, 9.17) is 28.3 Å². The summed E-state index contributed by atoms with van der Waals surface area (Å²) in [6.07, 6.45) is 0.586. The molecule has 2 aromatic rings. The van der Waals surface area contributed by atoms with Crippen molar-refractivity contribution < 1.29 is 18.3 Å². The molecule has 1 unspecified atom stereocenters. The zero-order chi connectivity index (χ0) is 23.6. The van der Waals surface area contributed by atoms with Crippen LogP contribution in [-0.2, 0) is 27.7 Å². The Bertz CT molecular complexity index is 1100. The summed E-state index contributed by atoms with van der Waals surface area (Å²) in [5.41, 5.74) is 2.36. The summed E-state index contributed by atoms with van der Waals surface area (Å²) in [5.74, 6) is -0.986. The number of benzene rings is 2. The number of carbonyl (C=O) groups is 1. The lowest BCUT2D eigenvalue weighted by atomic mass is 10.1. The average molecular weight is 499 g/mol. The first-order valence-corrected chi connectivity index (χ1v) is 12.7. The van der Waals surface area contributed by atoms with Gasteiger partial charge in [0, 0.05) is 31.7 Å². The Balaban J connectivity index is 1.73. The Morgan fingerprint density at radius 3 is 2.31 bits per heavy atom. The predicted octanol–water partition coefficient (Wildman–Crippen LogP) is 4.25. The molecule has 0 radical (unpaired) electrons. The third kappa shape index (κ3) is 5.64. The topological polar surface area (TPSA) is 77.9 Å². The van der Waals surface area contributed by atoms with E-state index < -0.39 is 16.0 Å². The van der Waals surface area contributed by atoms with Gasteiger partial charge in [-0.1, -0.05) is 35.3 Å². The van der Waals surface area contributed by atoms with Gasteiger partial charge in [0.15, 0.2) is 0 Å². The highest BCUT2D eigenvalue weighted by atomic mass is 35.5. The number of hydrogen-bond donors (Lipinski definition) is 1. The Hall–Kier alpha value is -1.64. The summed E-state index contributed by atoms with van der Waals surface area (Å²) >= 11 is 12.1. The fraction of sp³-hybridized carbons (Fsp3) is 0.435. The fourth-order valence-electron chi connectivity index (χ4n) is 4.34. The zero-order valence-corrected chi connectivity index (χ0v) is 20.7. The number of nitrogens with zero attached hydrogens (tertiary/aromatic N) is 2. The van der Waals surface area contributed by atoms with E-state index in [1.54, 1.807) is 29.4 Å². The molecule has 0 saturated carbocycles. The number of rotatable bonds is 7. The number of sulfonamides is 1. The lowest BCUT2D eigenvalue weighted by Gasteiger charge is -2.43. The molecule has 3 rings (SSSR count). The molecule has 9 heteroatoms. The van der Waals surface area contributed by atoms with E-state index in [1.807, 2.05) is 26.0 Å². The summed E-state index contributed by atoms with van der Waals surface area (Å²) in [7, 11) is -3.75. The van der Waals surface area contributed by atoms with Gasteiger partial charge in [0.25, 0.3) is 0 Å². The van der Waals surface area contributed by atoms with Crippen LogP contribution in [-0.4, -0.2) is 60.4 Å². The molecule has 0 aromatic heterocycles. The highest BCUT2D eigenvalue weighted by molar-refractivity contribution is 7.89. The second-order valence-electron chi connectivity index (χ2n) is 8.45. The maximum atomic E-state index is 13.4. The highest BCUT2D eigenvalue weighted by Gasteiger charge is 2.38. The minimum absolute atomic E-state index is 0.141. The van der Waals surface area contributed by atoms with E-state index in [1.165, 1.54) is 6.07 Å². The normalized spacial score (nSPS) is 20.4. The lowest BCUT2D eigenvalue weighted by Crippen LogP contribution is -2.58. The second kappa shape index (κ2) is 10.1. The number of carboxylic acids is 1. The van der Waals surface area contributed by atoms with E-state index in [0.717, 1.165) is 24.1 Å². The van der Waals surface area contributed by atoms with Crippen LogP contribution in [0.3, 0.4) is 0 Å². The number of aryl methyl sites for hydroxylation is 1. The van der Waals surface area contributed by atoms with Crippen LogP contribution in [0.15, 0.2) is 41.3 Å². The quantitative estimate of drug-likeness (QED) is 0.616. The molecule has 2 atom stereocenters. The van der Waals surface area contributed by atoms with Crippen molar-refractivity contribution in [3.8, 4) is 0 Å². The molecule has 1 aliphatic heterocycles. The molecular formula is C23H28Cl2N2O4S. The number of piperazine rings is 1. The molecule has 0 spiro atoms. The highest BCUT2D eigenvalue weighted by Crippen LogP contribution is 2.28. The first kappa shape index (κ1) is 25.0. The van der Waals surface area contributed by atoms with Crippen molar-refractivity contribution in [1.82, 2.24) is 9.21 Å². The van der Waals surface area contributed by atoms with Gasteiger partial charge in [-0.25, -0.2) is 8.42 Å². The average Bonchev–Trinajstić information content (AvgIpc) is 2.69. The smallest absolute Gasteiger partial charge is 0.307 e. The van der Waals surface area contributed by atoms with Crippen LogP contribution in [0, 0.1) is 6.92 Å². The summed E-state index contributed by atoms with van der Waals surface area (Å²) in [6, 6.07) is 9.89. The van der Waals surface area contributed by atoms with Crippen molar-refractivity contribution >= 4 is 39.2 Å². The predicted molar refractivity (Wildman–Crippen MR) is 127 cm³/mol. The molecule has 0 amide bonds. The van der Waals surface area contributed by atoms with Crippen LogP contribution in [0.5, 0.6) is 0 Å². The SMILES string of the molecule is Cc1ccc(S(=O)(=O)N2C(C)CN(CCc3ccc(Cl)c(Cl)c3)C[C@@H]2C)cc1CC(=O)O. The van der Waals surface area contributed by atoms with Crippen molar-refractivity contribution in [2.24, 2.45) is 0 Å². The Morgan fingerprint density at radius 2 is 1.72 bits per heavy atom. The minimum Gasteiger partial charge on any atom is -0.481 e. The molecule has 32 heavy (non-hydrogen) atoms. The maximum absolute atomic E-state index is 13.4. The molecule has 0 bridgehead atoms. The van der Waals surface area contributed by atoms with Crippen LogP contribution in [0.4, 0.5) is 0 Å². The van der Waals surface area contributed by atoms with E-state index in [2.05, 4.69) is 4.90 Å². The Labute approximate surface area is 199 Å². The molecule has 1 aliphatic rings. The summed E-state index contributed by atoms with van der Waals surface area (Å²) in [5, 5.41) is 10.2. The first-order chi connectivity index (χ1) is 15.0. The molecule has 2 aromatic carbocycles. The monoisotopic (exact) mass is 498 g/mol. The first-order valence-electron chi connectivity index (χ1n) is 10.5. The second-order valence-corrected chi connectivity index (χ2v) is 11.1. The van der Waals surface area contributed by atoms with Crippen LogP contribution < -0.4 is 0 Å². The number of halogens is 2. The third-order valence-corrected chi connectivity index (χ3v) is 8.72. The van der Waals surface area contributed by atoms with Crippen LogP contribution in [0.1, 0.15) is 30.5 Å². The van der Waals surface area contributed by atoms with Crippen LogP contribution >= 0.6 is 23.2 Å². The minimum atomic E-state index is -3.75. The van der Waals surface area contributed by atoms with E-state index in [9.17, 15) is 13.2 Å². The molecule has 1 heterocycles. The molecule has 174 valence electrons. The standard InChI is InChI=1S/C23H28Cl2N2O4S/c1-15-4-6-20(11-19(15)12-23(28)29)32(30,31)27-16(2)13-26(14-17(27)3)9-8-18-5-7-21(24)22(25)10-18/h4-7,10-11,16-17H,8-9,12-14H2,1-3H3,(H,28,29)/t16-,17?/m0/s1. The largest absolute Gasteiger partial charge is 0.481 e. The molecular weight excluding hydrogens is 471 g/mol. The van der Waals surface area contributed by atoms with Crippen LogP contribution in [0.25, 0.3) is 0 Å². The van der Waals surface area contributed by atoms with Crippen molar-refractivity contribution in [3.05, 3.63) is 63.1 Å². The summed E-state index contributed by atoms with van der Waals surface area (Å²) in [4.78, 5) is 13.5. The molecule has 1 fully saturated rings. The molecule has 1 saturated heterocycles. The summed E-state index contributed by atoms with van der Waals surface area (Å²) < 4.78 is 28.4. The van der Waals surface area contributed by atoms with Gasteiger partial charge in [-0.15, -0.1) is 0 Å². The van der Waals surface area contributed by atoms with Crippen molar-refractivity contribution in [3.63, 3.8) is 0 Å². The van der Waals surface area contributed by atoms with Gasteiger partial charge in [0.05, 0.1) is 21.4 Å². The Morgan fingerprint density at radius 1 is 1.06 bits per heavy atom. The number of hydrogen-bond acceptors (Lipinski definition) is 4. The zero-order valence-electron chi connectivity index (χ0n) is 18.4. The fourth-order valence-corrected chi connectivity index (χ4v) is 6.52. The van der Waals surface area contributed by atoms with Gasteiger partial charge in [-0.3, -0.25) is 9.69 Å². The van der Waals surface area contributed by atoms with E-state index >= 15 is 0 Å². The molecule has 6 nitrogen and oxygen atoms in total.